The lowest BCUT2D eigenvalue weighted by Gasteiger charge is -2.06. The first-order valence-electron chi connectivity index (χ1n) is 5.09. The maximum absolute atomic E-state index is 8.49. The van der Waals surface area contributed by atoms with Crippen LogP contribution in [-0.2, 0) is 0 Å². The van der Waals surface area contributed by atoms with Gasteiger partial charge < -0.3 is 5.32 Å². The zero-order valence-corrected chi connectivity index (χ0v) is 9.31. The van der Waals surface area contributed by atoms with Gasteiger partial charge in [-0.05, 0) is 24.6 Å². The Labute approximate surface area is 99.1 Å². The Morgan fingerprint density at radius 3 is 2.76 bits per heavy atom. The summed E-state index contributed by atoms with van der Waals surface area (Å²) in [4.78, 5) is 7.98. The van der Waals surface area contributed by atoms with Crippen molar-refractivity contribution in [1.82, 2.24) is 9.97 Å². The highest BCUT2D eigenvalue weighted by molar-refractivity contribution is 5.59. The number of hydrogen-bond donors (Lipinski definition) is 2. The molecule has 0 aliphatic carbocycles. The average molecular weight is 225 g/mol. The second-order valence-corrected chi connectivity index (χ2v) is 3.52. The molecule has 1 heterocycles. The van der Waals surface area contributed by atoms with Crippen LogP contribution >= 0.6 is 0 Å². The number of hydrogen-bond acceptors (Lipinski definition) is 5. The number of nitrogens with one attached hydrogen (secondary N) is 2. The van der Waals surface area contributed by atoms with Crippen LogP contribution in [0.2, 0.25) is 0 Å². The molecule has 0 saturated carbocycles. The van der Waals surface area contributed by atoms with Crippen molar-refractivity contribution in [2.24, 2.45) is 0 Å². The van der Waals surface area contributed by atoms with Crippen LogP contribution in [0.4, 0.5) is 17.3 Å². The predicted molar refractivity (Wildman–Crippen MR) is 65.7 cm³/mol. The molecule has 0 aliphatic heterocycles. The van der Waals surface area contributed by atoms with Gasteiger partial charge in [-0.1, -0.05) is 12.1 Å². The third-order valence-electron chi connectivity index (χ3n) is 2.14. The fourth-order valence-corrected chi connectivity index (χ4v) is 1.42. The molecule has 5 heteroatoms. The van der Waals surface area contributed by atoms with E-state index in [-0.39, 0.29) is 0 Å². The summed E-state index contributed by atoms with van der Waals surface area (Å²) in [6.45, 7) is 2.02. The maximum Gasteiger partial charge on any atom is 0.182 e. The smallest absolute Gasteiger partial charge is 0.182 e. The Morgan fingerprint density at radius 1 is 1.18 bits per heavy atom. The number of anilines is 3. The largest absolute Gasteiger partial charge is 0.340 e. The summed E-state index contributed by atoms with van der Waals surface area (Å²) in [6, 6.07) is 9.62. The Balaban J connectivity index is 2.19. The van der Waals surface area contributed by atoms with Crippen molar-refractivity contribution in [1.29, 1.82) is 5.26 Å². The lowest BCUT2D eigenvalue weighted by atomic mass is 10.2. The highest BCUT2D eigenvalue weighted by Crippen LogP contribution is 2.16. The summed E-state index contributed by atoms with van der Waals surface area (Å²) < 4.78 is 0. The van der Waals surface area contributed by atoms with Crippen molar-refractivity contribution in [2.75, 3.05) is 10.6 Å². The van der Waals surface area contributed by atoms with Gasteiger partial charge in [-0.15, -0.1) is 0 Å². The molecule has 0 fully saturated rings. The molecule has 1 aromatic heterocycles. The van der Waals surface area contributed by atoms with Gasteiger partial charge in [0.2, 0.25) is 0 Å². The number of aromatic nitrogens is 2. The van der Waals surface area contributed by atoms with Crippen molar-refractivity contribution in [2.45, 2.75) is 6.92 Å². The molecule has 2 aromatic rings. The molecule has 1 aromatic carbocycles. The van der Waals surface area contributed by atoms with E-state index < -0.39 is 0 Å². The van der Waals surface area contributed by atoms with Crippen molar-refractivity contribution in [3.63, 3.8) is 0 Å². The van der Waals surface area contributed by atoms with Crippen LogP contribution in [0.15, 0.2) is 36.7 Å². The van der Waals surface area contributed by atoms with Crippen LogP contribution in [0.25, 0.3) is 0 Å². The monoisotopic (exact) mass is 225 g/mol. The Morgan fingerprint density at radius 2 is 2.00 bits per heavy atom. The molecule has 2 N–H and O–H groups in total. The van der Waals surface area contributed by atoms with Gasteiger partial charge in [0.25, 0.3) is 0 Å². The van der Waals surface area contributed by atoms with Crippen molar-refractivity contribution in [3.05, 3.63) is 42.2 Å². The van der Waals surface area contributed by atoms with Crippen molar-refractivity contribution in [3.8, 4) is 6.19 Å². The fourth-order valence-electron chi connectivity index (χ4n) is 1.42. The third-order valence-corrected chi connectivity index (χ3v) is 2.14. The fraction of sp³-hybridized carbons (Fsp3) is 0.0833. The molecule has 2 rings (SSSR count). The van der Waals surface area contributed by atoms with Crippen molar-refractivity contribution < 1.29 is 0 Å². The summed E-state index contributed by atoms with van der Waals surface area (Å²) in [5, 5.41) is 14.1. The van der Waals surface area contributed by atoms with E-state index in [4.69, 9.17) is 5.26 Å². The molecule has 0 spiro atoms. The quantitative estimate of drug-likeness (QED) is 0.620. The zero-order valence-electron chi connectivity index (χ0n) is 9.31. The summed E-state index contributed by atoms with van der Waals surface area (Å²) >= 11 is 0. The first kappa shape index (κ1) is 10.9. The van der Waals surface area contributed by atoms with E-state index in [0.29, 0.717) is 11.6 Å². The SMILES string of the molecule is Cc1cccc(Nc2cc(NC#N)ncn2)c1. The van der Waals surface area contributed by atoms with Crippen LogP contribution < -0.4 is 10.6 Å². The number of nitrogens with zero attached hydrogens (tertiary/aromatic N) is 3. The zero-order chi connectivity index (χ0) is 12.1. The maximum atomic E-state index is 8.49. The minimum Gasteiger partial charge on any atom is -0.340 e. The minimum atomic E-state index is 0.470. The topological polar surface area (TPSA) is 73.6 Å². The van der Waals surface area contributed by atoms with Gasteiger partial charge in [-0.25, -0.2) is 9.97 Å². The van der Waals surface area contributed by atoms with Crippen LogP contribution in [0.1, 0.15) is 5.56 Å². The Kier molecular flexibility index (Phi) is 3.17. The standard InChI is InChI=1S/C12H11N5/c1-9-3-2-4-10(5-9)17-12-6-11(14-7-13)15-8-16-12/h2-6,8H,1H3,(H2,14,15,16,17). The molecule has 0 unspecified atom stereocenters. The lowest BCUT2D eigenvalue weighted by Crippen LogP contribution is -1.97. The average Bonchev–Trinajstić information content (AvgIpc) is 2.30. The first-order valence-corrected chi connectivity index (χ1v) is 5.09. The molecular formula is C12H11N5. The summed E-state index contributed by atoms with van der Waals surface area (Å²) in [5.41, 5.74) is 2.12. The molecule has 0 radical (unpaired) electrons. The number of nitriles is 1. The van der Waals surface area contributed by atoms with Crippen LogP contribution in [-0.4, -0.2) is 9.97 Å². The number of rotatable bonds is 3. The normalized spacial score (nSPS) is 9.41. The van der Waals surface area contributed by atoms with E-state index in [9.17, 15) is 0 Å². The molecule has 84 valence electrons. The second-order valence-electron chi connectivity index (χ2n) is 3.52. The van der Waals surface area contributed by atoms with Crippen LogP contribution in [0.3, 0.4) is 0 Å². The van der Waals surface area contributed by atoms with Crippen LogP contribution in [0.5, 0.6) is 0 Å². The lowest BCUT2D eigenvalue weighted by molar-refractivity contribution is 1.17. The molecule has 0 aliphatic rings. The second kappa shape index (κ2) is 4.94. The Bertz CT molecular complexity index is 559. The molecule has 17 heavy (non-hydrogen) atoms. The van der Waals surface area contributed by atoms with E-state index in [0.717, 1.165) is 5.69 Å². The molecule has 0 saturated heterocycles. The number of benzene rings is 1. The number of aryl methyl sites for hydroxylation is 1. The Hall–Kier alpha value is -2.61. The highest BCUT2D eigenvalue weighted by Gasteiger charge is 1.99. The minimum absolute atomic E-state index is 0.470. The van der Waals surface area contributed by atoms with Gasteiger partial charge in [0.15, 0.2) is 6.19 Å². The van der Waals surface area contributed by atoms with Gasteiger partial charge in [0, 0.05) is 11.8 Å². The van der Waals surface area contributed by atoms with Gasteiger partial charge in [-0.3, -0.25) is 5.32 Å². The molecule has 0 bridgehead atoms. The van der Waals surface area contributed by atoms with E-state index in [1.54, 1.807) is 6.07 Å². The van der Waals surface area contributed by atoms with E-state index in [1.165, 1.54) is 11.9 Å². The summed E-state index contributed by atoms with van der Waals surface area (Å²) in [7, 11) is 0. The molecular weight excluding hydrogens is 214 g/mol. The molecule has 0 atom stereocenters. The molecule has 5 nitrogen and oxygen atoms in total. The molecule has 0 amide bonds. The van der Waals surface area contributed by atoms with E-state index in [2.05, 4.69) is 20.6 Å². The summed E-state index contributed by atoms with van der Waals surface area (Å²) in [6.07, 6.45) is 3.22. The predicted octanol–water partition coefficient (Wildman–Crippen LogP) is 2.42. The van der Waals surface area contributed by atoms with E-state index in [1.807, 2.05) is 37.4 Å². The van der Waals surface area contributed by atoms with Crippen molar-refractivity contribution >= 4 is 17.3 Å². The van der Waals surface area contributed by atoms with Gasteiger partial charge in [0.1, 0.15) is 18.0 Å². The van der Waals surface area contributed by atoms with Gasteiger partial charge >= 0.3 is 0 Å². The van der Waals surface area contributed by atoms with Crippen LogP contribution in [0, 0.1) is 18.4 Å². The third kappa shape index (κ3) is 2.92. The summed E-state index contributed by atoms with van der Waals surface area (Å²) in [5.74, 6) is 1.11. The van der Waals surface area contributed by atoms with Gasteiger partial charge in [-0.2, -0.15) is 5.26 Å². The highest BCUT2D eigenvalue weighted by atomic mass is 15.1. The van der Waals surface area contributed by atoms with Gasteiger partial charge in [0.05, 0.1) is 0 Å². The first-order chi connectivity index (χ1) is 8.28. The van der Waals surface area contributed by atoms with E-state index >= 15 is 0 Å².